The summed E-state index contributed by atoms with van der Waals surface area (Å²) < 4.78 is 15.7. The predicted octanol–water partition coefficient (Wildman–Crippen LogP) is 14.6. The van der Waals surface area contributed by atoms with E-state index in [0.717, 1.165) is 88.4 Å². The lowest BCUT2D eigenvalue weighted by molar-refractivity contribution is 0.668. The van der Waals surface area contributed by atoms with E-state index in [2.05, 4.69) is 150 Å². The molecule has 0 spiro atoms. The van der Waals surface area contributed by atoms with Gasteiger partial charge in [-0.2, -0.15) is 0 Å². The summed E-state index contributed by atoms with van der Waals surface area (Å²) >= 11 is 0. The molecule has 6 heteroatoms. The first-order valence-electron chi connectivity index (χ1n) is 20.4. The van der Waals surface area contributed by atoms with Gasteiger partial charge in [0.1, 0.15) is 22.3 Å². The van der Waals surface area contributed by atoms with Gasteiger partial charge in [-0.1, -0.05) is 146 Å². The fourth-order valence-electron chi connectivity index (χ4n) is 9.17. The Balaban J connectivity index is 1.10. The average Bonchev–Trinajstić information content (AvgIpc) is 4.00. The van der Waals surface area contributed by atoms with E-state index in [0.29, 0.717) is 17.5 Å². The van der Waals surface area contributed by atoms with Gasteiger partial charge < -0.3 is 13.4 Å². The molecule has 0 aliphatic rings. The fourth-order valence-corrected chi connectivity index (χ4v) is 9.17. The maximum atomic E-state index is 6.72. The molecule has 0 radical (unpaired) electrons. The molecule has 0 unspecified atom stereocenters. The molecule has 0 saturated heterocycles. The standard InChI is InChI=1S/C55H32N4O2/c1-2-13-33(14-3-1)34-25-27-35(28-26-34)53-56-54(58-55(57-53)43-21-12-20-41-40-18-7-10-23-48(40)61-52(41)43)38-31-47(51-42-19-8-11-24-49(42)60-50(51)32-38)59-45-22-9-6-17-39(45)44-29-36-15-4-5-16-37(36)30-46(44)59/h1-32H. The number of furan rings is 2. The summed E-state index contributed by atoms with van der Waals surface area (Å²) in [5, 5.41) is 8.85. The number of hydrogen-bond acceptors (Lipinski definition) is 5. The van der Waals surface area contributed by atoms with Crippen LogP contribution in [0.3, 0.4) is 0 Å². The van der Waals surface area contributed by atoms with Crippen LogP contribution < -0.4 is 0 Å². The van der Waals surface area contributed by atoms with Gasteiger partial charge in [0.05, 0.1) is 27.7 Å². The van der Waals surface area contributed by atoms with Gasteiger partial charge in [-0.05, 0) is 70.4 Å². The summed E-state index contributed by atoms with van der Waals surface area (Å²) in [4.78, 5) is 15.8. The van der Waals surface area contributed by atoms with E-state index < -0.39 is 0 Å². The molecule has 6 nitrogen and oxygen atoms in total. The van der Waals surface area contributed by atoms with Crippen molar-refractivity contribution in [3.05, 3.63) is 194 Å². The van der Waals surface area contributed by atoms with E-state index in [9.17, 15) is 0 Å². The molecule has 4 aromatic heterocycles. The van der Waals surface area contributed by atoms with Crippen LogP contribution in [-0.4, -0.2) is 19.5 Å². The topological polar surface area (TPSA) is 69.9 Å². The Morgan fingerprint density at radius 2 is 0.951 bits per heavy atom. The molecule has 13 rings (SSSR count). The highest BCUT2D eigenvalue weighted by Crippen LogP contribution is 2.42. The van der Waals surface area contributed by atoms with Gasteiger partial charge in [0, 0.05) is 38.1 Å². The van der Waals surface area contributed by atoms with Gasteiger partial charge in [0.25, 0.3) is 0 Å². The van der Waals surface area contributed by atoms with Gasteiger partial charge in [-0.25, -0.2) is 15.0 Å². The molecule has 0 atom stereocenters. The summed E-state index contributed by atoms with van der Waals surface area (Å²) in [6, 6.07) is 67.4. The molecule has 0 aliphatic carbocycles. The first-order chi connectivity index (χ1) is 30.2. The highest BCUT2D eigenvalue weighted by Gasteiger charge is 2.23. The van der Waals surface area contributed by atoms with Crippen LogP contribution in [0.25, 0.3) is 127 Å². The molecule has 4 heterocycles. The number of nitrogens with zero attached hydrogens (tertiary/aromatic N) is 4. The molecule has 0 bridgehead atoms. The molecule has 0 saturated carbocycles. The quantitative estimate of drug-likeness (QED) is 0.174. The zero-order chi connectivity index (χ0) is 40.0. The second-order valence-electron chi connectivity index (χ2n) is 15.6. The Bertz CT molecular complexity index is 3880. The van der Waals surface area contributed by atoms with Crippen LogP contribution in [0.5, 0.6) is 0 Å². The van der Waals surface area contributed by atoms with Gasteiger partial charge in [-0.3, -0.25) is 0 Å². The van der Waals surface area contributed by atoms with Crippen molar-refractivity contribution in [3.8, 4) is 51.0 Å². The highest BCUT2D eigenvalue weighted by molar-refractivity contribution is 6.17. The Morgan fingerprint density at radius 1 is 0.344 bits per heavy atom. The Hall–Kier alpha value is -8.35. The first kappa shape index (κ1) is 33.6. The Labute approximate surface area is 348 Å². The predicted molar refractivity (Wildman–Crippen MR) is 248 cm³/mol. The van der Waals surface area contributed by atoms with Crippen LogP contribution in [0, 0.1) is 0 Å². The van der Waals surface area contributed by atoms with Crippen molar-refractivity contribution >= 4 is 76.5 Å². The summed E-state index contributed by atoms with van der Waals surface area (Å²) in [6.45, 7) is 0. The van der Waals surface area contributed by atoms with Crippen molar-refractivity contribution in [1.82, 2.24) is 19.5 Å². The number of rotatable bonds is 5. The smallest absolute Gasteiger partial charge is 0.167 e. The molecular formula is C55H32N4O2. The lowest BCUT2D eigenvalue weighted by Crippen LogP contribution is -2.02. The van der Waals surface area contributed by atoms with Crippen LogP contribution in [0.4, 0.5) is 0 Å². The molecule has 0 aliphatic heterocycles. The van der Waals surface area contributed by atoms with Crippen molar-refractivity contribution < 1.29 is 8.83 Å². The number of aromatic nitrogens is 4. The monoisotopic (exact) mass is 780 g/mol. The van der Waals surface area contributed by atoms with Gasteiger partial charge in [0.2, 0.25) is 0 Å². The van der Waals surface area contributed by atoms with E-state index >= 15 is 0 Å². The largest absolute Gasteiger partial charge is 0.456 e. The van der Waals surface area contributed by atoms with Crippen LogP contribution in [-0.2, 0) is 0 Å². The van der Waals surface area contributed by atoms with Crippen molar-refractivity contribution in [1.29, 1.82) is 0 Å². The van der Waals surface area contributed by atoms with Crippen molar-refractivity contribution in [2.45, 2.75) is 0 Å². The van der Waals surface area contributed by atoms with Crippen LogP contribution in [0.15, 0.2) is 203 Å². The molecule has 0 amide bonds. The Morgan fingerprint density at radius 3 is 1.77 bits per heavy atom. The van der Waals surface area contributed by atoms with Crippen molar-refractivity contribution in [2.24, 2.45) is 0 Å². The Kier molecular flexibility index (Phi) is 7.21. The van der Waals surface area contributed by atoms with Crippen LogP contribution >= 0.6 is 0 Å². The number of para-hydroxylation sites is 4. The normalized spacial score (nSPS) is 11.9. The summed E-state index contributed by atoms with van der Waals surface area (Å²) in [7, 11) is 0. The molecule has 284 valence electrons. The zero-order valence-corrected chi connectivity index (χ0v) is 32.6. The number of hydrogen-bond donors (Lipinski definition) is 0. The van der Waals surface area contributed by atoms with E-state index in [4.69, 9.17) is 23.8 Å². The lowest BCUT2D eigenvalue weighted by atomic mass is 10.0. The minimum atomic E-state index is 0.520. The third-order valence-corrected chi connectivity index (χ3v) is 12.0. The van der Waals surface area contributed by atoms with Crippen LogP contribution in [0.2, 0.25) is 0 Å². The molecular weight excluding hydrogens is 749 g/mol. The second-order valence-corrected chi connectivity index (χ2v) is 15.6. The maximum absolute atomic E-state index is 6.72. The SMILES string of the molecule is c1ccc(-c2ccc(-c3nc(-c4cc(-n5c6ccccc6c6cc7ccccc7cc65)c5c(c4)oc4ccccc45)nc(-c4cccc5c4oc4ccccc45)n3)cc2)cc1. The minimum Gasteiger partial charge on any atom is -0.456 e. The summed E-state index contributed by atoms with van der Waals surface area (Å²) in [5.41, 5.74) is 11.0. The second kappa shape index (κ2) is 13.1. The molecule has 9 aromatic carbocycles. The first-order valence-corrected chi connectivity index (χ1v) is 20.4. The maximum Gasteiger partial charge on any atom is 0.167 e. The van der Waals surface area contributed by atoms with Gasteiger partial charge in [0.15, 0.2) is 17.5 Å². The lowest BCUT2D eigenvalue weighted by Gasteiger charge is -2.13. The highest BCUT2D eigenvalue weighted by atomic mass is 16.3. The van der Waals surface area contributed by atoms with E-state index in [1.54, 1.807) is 0 Å². The number of benzene rings is 9. The van der Waals surface area contributed by atoms with Crippen LogP contribution in [0.1, 0.15) is 0 Å². The third kappa shape index (κ3) is 5.26. The third-order valence-electron chi connectivity index (χ3n) is 12.0. The molecule has 13 aromatic rings. The minimum absolute atomic E-state index is 0.520. The van der Waals surface area contributed by atoms with Gasteiger partial charge in [-0.15, -0.1) is 0 Å². The average molecular weight is 781 g/mol. The fraction of sp³-hybridized carbons (Fsp3) is 0. The van der Waals surface area contributed by atoms with Crippen molar-refractivity contribution in [3.63, 3.8) is 0 Å². The zero-order valence-electron chi connectivity index (χ0n) is 32.6. The summed E-state index contributed by atoms with van der Waals surface area (Å²) in [6.07, 6.45) is 0. The van der Waals surface area contributed by atoms with E-state index in [-0.39, 0.29) is 0 Å². The molecule has 61 heavy (non-hydrogen) atoms. The van der Waals surface area contributed by atoms with E-state index in [1.807, 2.05) is 48.5 Å². The van der Waals surface area contributed by atoms with Gasteiger partial charge >= 0.3 is 0 Å². The van der Waals surface area contributed by atoms with E-state index in [1.165, 1.54) is 21.5 Å². The summed E-state index contributed by atoms with van der Waals surface area (Å²) in [5.74, 6) is 1.60. The number of fused-ring (bicyclic) bond motifs is 10. The molecule has 0 N–H and O–H groups in total. The van der Waals surface area contributed by atoms with Crippen molar-refractivity contribution in [2.75, 3.05) is 0 Å². The molecule has 0 fully saturated rings.